The van der Waals surface area contributed by atoms with Crippen molar-refractivity contribution in [3.05, 3.63) is 0 Å². The molecule has 0 bridgehead atoms. The molecule has 0 unspecified atom stereocenters. The summed E-state index contributed by atoms with van der Waals surface area (Å²) in [7, 11) is 0.628. The van der Waals surface area contributed by atoms with E-state index >= 15 is 0 Å². The monoisotopic (exact) mass is 447 g/mol. The molecule has 0 atom stereocenters. The normalized spacial score (nSPS) is 4.00. The molecule has 0 aliphatic heterocycles. The molecule has 0 saturated heterocycles. The Labute approximate surface area is 75.2 Å². The van der Waals surface area contributed by atoms with Gasteiger partial charge in [-0.25, -0.2) is 0 Å². The summed E-state index contributed by atoms with van der Waals surface area (Å²) in [5.41, 5.74) is 0. The summed E-state index contributed by atoms with van der Waals surface area (Å²) in [5.74, 6) is 0. The van der Waals surface area contributed by atoms with Crippen LogP contribution in [0.3, 0.4) is 0 Å². The third-order valence-electron chi connectivity index (χ3n) is 0. The topological polar surface area (TPSA) is 0 Å². The molecule has 4 heteroatoms. The Bertz CT molecular complexity index is 6.85. The van der Waals surface area contributed by atoms with Crippen LogP contribution in [0.1, 0.15) is 0 Å². The molecule has 0 aliphatic carbocycles. The van der Waals surface area contributed by atoms with Crippen LogP contribution in [0, 0.1) is 0 Å². The van der Waals surface area contributed by atoms with Crippen molar-refractivity contribution in [2.24, 2.45) is 0 Å². The van der Waals surface area contributed by atoms with Gasteiger partial charge in [-0.3, -0.25) is 0 Å². The number of hydrogen-bond donors (Lipinski definition) is 0. The zero-order chi connectivity index (χ0) is 4.71. The SMILES string of the molecule is CI.[I][V][I]. The van der Waals surface area contributed by atoms with Crippen LogP contribution in [0.4, 0.5) is 0 Å². The molecule has 0 spiro atoms. The van der Waals surface area contributed by atoms with E-state index < -0.39 is 0 Å². The van der Waals surface area contributed by atoms with Crippen LogP contribution in [0.2, 0.25) is 0 Å². The van der Waals surface area contributed by atoms with E-state index in [1.807, 2.05) is 4.93 Å². The summed E-state index contributed by atoms with van der Waals surface area (Å²) in [5, 5.41) is 0. The van der Waals surface area contributed by atoms with Crippen LogP contribution in [-0.2, 0) is 9.47 Å². The number of halogens is 3. The molecule has 0 aliphatic rings. The van der Waals surface area contributed by atoms with Crippen LogP contribution in [0.25, 0.3) is 0 Å². The first-order chi connectivity index (χ1) is 2.41. The predicted octanol–water partition coefficient (Wildman–Crippen LogP) is 2.82. The van der Waals surface area contributed by atoms with Gasteiger partial charge in [-0.1, -0.05) is 22.6 Å². The maximum absolute atomic E-state index is 2.37. The van der Waals surface area contributed by atoms with Gasteiger partial charge in [-0.15, -0.1) is 0 Å². The van der Waals surface area contributed by atoms with Crippen LogP contribution in [0.5, 0.6) is 0 Å². The average molecular weight is 447 g/mol. The summed E-state index contributed by atoms with van der Waals surface area (Å²) in [6.45, 7) is 0. The van der Waals surface area contributed by atoms with Gasteiger partial charge in [-0.05, 0) is 4.93 Å². The molecule has 33 valence electrons. The molecule has 0 heterocycles. The van der Waals surface area contributed by atoms with Crippen molar-refractivity contribution >= 4 is 62.5 Å². The van der Waals surface area contributed by atoms with Crippen molar-refractivity contribution in [1.82, 2.24) is 0 Å². The van der Waals surface area contributed by atoms with Gasteiger partial charge >= 0.3 is 49.4 Å². The average Bonchev–Trinajstić information content (AvgIpc) is 1.46. The molecule has 0 amide bonds. The van der Waals surface area contributed by atoms with Gasteiger partial charge in [0.15, 0.2) is 0 Å². The molecule has 0 saturated carbocycles. The Kier molecular flexibility index (Phi) is 33.9. The van der Waals surface area contributed by atoms with Gasteiger partial charge in [0.05, 0.1) is 0 Å². The maximum atomic E-state index is 2.37. The number of rotatable bonds is 0. The first-order valence-corrected chi connectivity index (χ1v) is 11.9. The van der Waals surface area contributed by atoms with Crippen molar-refractivity contribution in [3.8, 4) is 0 Å². The first kappa shape index (κ1) is 10.7. The van der Waals surface area contributed by atoms with Crippen molar-refractivity contribution in [1.29, 1.82) is 0 Å². The fraction of sp³-hybridized carbons (Fsp3) is 1.00. The molecule has 0 radical (unpaired) electrons. The molecule has 0 N–H and O–H groups in total. The minimum absolute atomic E-state index is 0.628. The second-order valence-electron chi connectivity index (χ2n) is 0.0639. The molecule has 0 aromatic heterocycles. The predicted molar refractivity (Wildman–Crippen MR) is 48.0 cm³/mol. The first-order valence-electron chi connectivity index (χ1n) is 0.716. The summed E-state index contributed by atoms with van der Waals surface area (Å²) in [4.78, 5) is 1.97. The number of hydrogen-bond acceptors (Lipinski definition) is 0. The van der Waals surface area contributed by atoms with Gasteiger partial charge in [0.1, 0.15) is 0 Å². The Morgan fingerprint density at radius 1 is 1.20 bits per heavy atom. The van der Waals surface area contributed by atoms with Gasteiger partial charge in [0.2, 0.25) is 0 Å². The Morgan fingerprint density at radius 3 is 1.20 bits per heavy atom. The molecular formula is CH3I3V. The van der Waals surface area contributed by atoms with E-state index in [2.05, 4.69) is 62.5 Å². The van der Waals surface area contributed by atoms with E-state index in [9.17, 15) is 0 Å². The van der Waals surface area contributed by atoms with Crippen molar-refractivity contribution in [2.45, 2.75) is 0 Å². The zero-order valence-electron chi connectivity index (χ0n) is 2.58. The molecule has 0 rings (SSSR count). The third-order valence-corrected chi connectivity index (χ3v) is 0. The minimum atomic E-state index is 0.628. The van der Waals surface area contributed by atoms with Crippen LogP contribution < -0.4 is 0 Å². The van der Waals surface area contributed by atoms with Crippen LogP contribution in [0.15, 0.2) is 0 Å². The van der Waals surface area contributed by atoms with E-state index in [1.165, 1.54) is 0 Å². The van der Waals surface area contributed by atoms with Gasteiger partial charge in [-0.2, -0.15) is 0 Å². The quantitative estimate of drug-likeness (QED) is 0.397. The van der Waals surface area contributed by atoms with Gasteiger partial charge in [0, 0.05) is 0 Å². The second kappa shape index (κ2) is 15.9. The summed E-state index contributed by atoms with van der Waals surface area (Å²) < 4.78 is 0. The molecule has 5 heavy (non-hydrogen) atoms. The van der Waals surface area contributed by atoms with E-state index in [-0.39, 0.29) is 0 Å². The molecule has 0 nitrogen and oxygen atoms in total. The van der Waals surface area contributed by atoms with Crippen molar-refractivity contribution in [3.63, 3.8) is 0 Å². The van der Waals surface area contributed by atoms with Crippen LogP contribution in [-0.4, -0.2) is 4.93 Å². The van der Waals surface area contributed by atoms with Crippen molar-refractivity contribution < 1.29 is 9.47 Å². The molecule has 0 aromatic carbocycles. The van der Waals surface area contributed by atoms with Gasteiger partial charge in [0.25, 0.3) is 0 Å². The second-order valence-corrected chi connectivity index (χ2v) is 11.9. The van der Waals surface area contributed by atoms with Gasteiger partial charge < -0.3 is 0 Å². The molecule has 0 fully saturated rings. The molecular weight excluding hydrogens is 444 g/mol. The third kappa shape index (κ3) is 20.1. The summed E-state index contributed by atoms with van der Waals surface area (Å²) in [6.07, 6.45) is 0. The van der Waals surface area contributed by atoms with E-state index in [0.717, 1.165) is 0 Å². The fourth-order valence-electron chi connectivity index (χ4n) is 0. The fourth-order valence-corrected chi connectivity index (χ4v) is 0. The van der Waals surface area contributed by atoms with E-state index in [1.54, 1.807) is 0 Å². The van der Waals surface area contributed by atoms with E-state index in [4.69, 9.17) is 0 Å². The summed E-state index contributed by atoms with van der Waals surface area (Å²) >= 11 is 6.89. The van der Waals surface area contributed by atoms with Crippen molar-refractivity contribution in [2.75, 3.05) is 4.93 Å². The summed E-state index contributed by atoms with van der Waals surface area (Å²) in [6, 6.07) is 0. The standard InChI is InChI=1S/CH3I.2HI.V/c1-2;;;/h1H3;2*1H;/q;;;+2/p-2. The molecule has 0 aromatic rings. The Balaban J connectivity index is 0. The zero-order valence-corrected chi connectivity index (χ0v) is 10.5. The number of alkyl halides is 1. The van der Waals surface area contributed by atoms with Crippen LogP contribution >= 0.6 is 62.5 Å². The Morgan fingerprint density at radius 2 is 1.20 bits per heavy atom. The van der Waals surface area contributed by atoms with E-state index in [0.29, 0.717) is 9.47 Å². The Hall–Kier alpha value is 2.77.